The van der Waals surface area contributed by atoms with Crippen molar-refractivity contribution < 1.29 is 0 Å². The molecule has 0 aliphatic rings. The summed E-state index contributed by atoms with van der Waals surface area (Å²) in [5.41, 5.74) is 7.91. The minimum Gasteiger partial charge on any atom is -0.403 e. The van der Waals surface area contributed by atoms with E-state index in [1.807, 2.05) is 12.1 Å². The highest BCUT2D eigenvalue weighted by Gasteiger charge is 2.08. The van der Waals surface area contributed by atoms with Gasteiger partial charge in [0.15, 0.2) is 0 Å². The van der Waals surface area contributed by atoms with Crippen LogP contribution in [0.25, 0.3) is 16.7 Å². The number of aromatic amines is 1. The third-order valence-electron chi connectivity index (χ3n) is 2.24. The third-order valence-corrected chi connectivity index (χ3v) is 2.58. The molecule has 0 spiro atoms. The lowest BCUT2D eigenvalue weighted by Crippen LogP contribution is -1.93. The van der Waals surface area contributed by atoms with Crippen LogP contribution in [0.3, 0.4) is 0 Å². The second-order valence-corrected chi connectivity index (χ2v) is 3.75. The van der Waals surface area contributed by atoms with E-state index in [0.29, 0.717) is 16.2 Å². The van der Waals surface area contributed by atoms with Gasteiger partial charge in [-0.15, -0.1) is 12.6 Å². The van der Waals surface area contributed by atoms with Crippen molar-refractivity contribution in [3.8, 4) is 17.2 Å². The molecule has 0 aliphatic carbocycles. The van der Waals surface area contributed by atoms with Crippen molar-refractivity contribution in [2.24, 2.45) is 5.73 Å². The van der Waals surface area contributed by atoms with Crippen LogP contribution in [0.15, 0.2) is 35.8 Å². The molecule has 3 N–H and O–H groups in total. The third kappa shape index (κ3) is 2.14. The Balaban J connectivity index is 2.47. The lowest BCUT2D eigenvalue weighted by Gasteiger charge is -2.04. The van der Waals surface area contributed by atoms with Gasteiger partial charge in [-0.1, -0.05) is 0 Å². The molecule has 2 aromatic rings. The van der Waals surface area contributed by atoms with Gasteiger partial charge in [-0.2, -0.15) is 10.4 Å². The molecule has 6 heteroatoms. The molecule has 5 nitrogen and oxygen atoms in total. The first-order valence-electron chi connectivity index (χ1n) is 4.76. The van der Waals surface area contributed by atoms with Crippen molar-refractivity contribution in [3.05, 3.63) is 36.6 Å². The molecule has 0 radical (unpaired) electrons. The smallest absolute Gasteiger partial charge is 0.103 e. The van der Waals surface area contributed by atoms with E-state index in [2.05, 4.69) is 27.8 Å². The maximum Gasteiger partial charge on any atom is 0.103 e. The van der Waals surface area contributed by atoms with Crippen molar-refractivity contribution >= 4 is 18.2 Å². The molecule has 0 amide bonds. The zero-order chi connectivity index (χ0) is 12.3. The van der Waals surface area contributed by atoms with Crippen LogP contribution >= 0.6 is 12.6 Å². The van der Waals surface area contributed by atoms with Crippen LogP contribution in [-0.4, -0.2) is 15.2 Å². The fourth-order valence-corrected chi connectivity index (χ4v) is 1.71. The summed E-state index contributed by atoms with van der Waals surface area (Å²) in [5.74, 6) is 0. The lowest BCUT2D eigenvalue weighted by atomic mass is 10.1. The summed E-state index contributed by atoms with van der Waals surface area (Å²) < 4.78 is 0. The maximum atomic E-state index is 8.87. The number of nitrogens with one attached hydrogen (secondary N) is 1. The summed E-state index contributed by atoms with van der Waals surface area (Å²) >= 11 is 4.31. The van der Waals surface area contributed by atoms with Crippen molar-refractivity contribution in [2.45, 2.75) is 4.90 Å². The Hall–Kier alpha value is -2.26. The van der Waals surface area contributed by atoms with Gasteiger partial charge >= 0.3 is 0 Å². The molecule has 0 saturated carbocycles. The van der Waals surface area contributed by atoms with E-state index in [0.717, 1.165) is 11.1 Å². The van der Waals surface area contributed by atoms with Gasteiger partial charge in [0.2, 0.25) is 0 Å². The highest BCUT2D eigenvalue weighted by atomic mass is 32.1. The number of aromatic nitrogens is 3. The molecule has 0 aromatic carbocycles. The van der Waals surface area contributed by atoms with Gasteiger partial charge in [0, 0.05) is 34.6 Å². The predicted octanol–water partition coefficient (Wildman–Crippen LogP) is 1.58. The molecule has 0 unspecified atom stereocenters. The largest absolute Gasteiger partial charge is 0.403 e. The molecule has 0 fully saturated rings. The van der Waals surface area contributed by atoms with Gasteiger partial charge in [0.25, 0.3) is 0 Å². The second-order valence-electron chi connectivity index (χ2n) is 3.27. The highest BCUT2D eigenvalue weighted by Crippen LogP contribution is 2.25. The van der Waals surface area contributed by atoms with E-state index in [1.54, 1.807) is 18.6 Å². The summed E-state index contributed by atoms with van der Waals surface area (Å²) in [6.07, 6.45) is 6.32. The Morgan fingerprint density at radius 1 is 1.47 bits per heavy atom. The Morgan fingerprint density at radius 2 is 2.29 bits per heavy atom. The van der Waals surface area contributed by atoms with Crippen molar-refractivity contribution in [2.75, 3.05) is 0 Å². The quantitative estimate of drug-likeness (QED) is 0.551. The molecule has 2 aromatic heterocycles. The van der Waals surface area contributed by atoms with Crippen LogP contribution in [0.4, 0.5) is 0 Å². The van der Waals surface area contributed by atoms with Gasteiger partial charge in [0.1, 0.15) is 6.07 Å². The average molecular weight is 243 g/mol. The number of hydrogen-bond donors (Lipinski definition) is 3. The van der Waals surface area contributed by atoms with E-state index in [9.17, 15) is 0 Å². The van der Waals surface area contributed by atoms with Gasteiger partial charge in [-0.3, -0.25) is 10.1 Å². The molecular weight excluding hydrogens is 234 g/mol. The number of pyridine rings is 1. The SMILES string of the molecule is N#CC(=CN)c1ncc(-c2cn[nH]c2)cc1S. The van der Waals surface area contributed by atoms with Crippen LogP contribution in [0.2, 0.25) is 0 Å². The number of nitrogens with two attached hydrogens (primary N) is 1. The Labute approximate surface area is 103 Å². The summed E-state index contributed by atoms with van der Waals surface area (Å²) in [7, 11) is 0. The fourth-order valence-electron chi connectivity index (χ4n) is 1.40. The number of hydrogen-bond acceptors (Lipinski definition) is 5. The summed E-state index contributed by atoms with van der Waals surface area (Å²) in [5, 5.41) is 15.4. The first-order chi connectivity index (χ1) is 8.26. The Morgan fingerprint density at radius 3 is 2.82 bits per heavy atom. The maximum absolute atomic E-state index is 8.87. The molecule has 2 rings (SSSR count). The van der Waals surface area contributed by atoms with E-state index in [4.69, 9.17) is 11.0 Å². The predicted molar refractivity (Wildman–Crippen MR) is 66.8 cm³/mol. The number of allylic oxidation sites excluding steroid dienone is 1. The summed E-state index contributed by atoms with van der Waals surface area (Å²) in [6.45, 7) is 0. The van der Waals surface area contributed by atoms with Crippen molar-refractivity contribution in [1.29, 1.82) is 5.26 Å². The first kappa shape index (κ1) is 11.2. The fraction of sp³-hybridized carbons (Fsp3) is 0. The normalized spacial score (nSPS) is 11.2. The second kappa shape index (κ2) is 4.72. The summed E-state index contributed by atoms with van der Waals surface area (Å²) in [6, 6.07) is 3.79. The van der Waals surface area contributed by atoms with Crippen molar-refractivity contribution in [3.63, 3.8) is 0 Å². The minimum atomic E-state index is 0.300. The standard InChI is InChI=1S/C11H9N5S/c12-2-8(3-13)11-10(17)1-7(4-14-11)9-5-15-16-6-9/h1-2,4-6,17H,12H2,(H,15,16). The lowest BCUT2D eigenvalue weighted by molar-refractivity contribution is 1.09. The van der Waals surface area contributed by atoms with Gasteiger partial charge in [0.05, 0.1) is 17.5 Å². The molecule has 0 atom stereocenters. The number of H-pyrrole nitrogens is 1. The van der Waals surface area contributed by atoms with E-state index >= 15 is 0 Å². The zero-order valence-electron chi connectivity index (χ0n) is 8.75. The highest BCUT2D eigenvalue weighted by molar-refractivity contribution is 7.80. The first-order valence-corrected chi connectivity index (χ1v) is 5.21. The number of nitriles is 1. The average Bonchev–Trinajstić information content (AvgIpc) is 2.86. The van der Waals surface area contributed by atoms with Gasteiger partial charge in [-0.05, 0) is 6.07 Å². The minimum absolute atomic E-state index is 0.300. The molecule has 0 aliphatic heterocycles. The zero-order valence-corrected chi connectivity index (χ0v) is 9.65. The molecule has 0 saturated heterocycles. The van der Waals surface area contributed by atoms with Crippen LogP contribution in [0, 0.1) is 11.3 Å². The van der Waals surface area contributed by atoms with Crippen molar-refractivity contribution in [1.82, 2.24) is 15.2 Å². The monoisotopic (exact) mass is 243 g/mol. The van der Waals surface area contributed by atoms with Crippen LogP contribution < -0.4 is 5.73 Å². The number of nitrogens with zero attached hydrogens (tertiary/aromatic N) is 3. The van der Waals surface area contributed by atoms with E-state index in [1.165, 1.54) is 6.20 Å². The molecule has 84 valence electrons. The van der Waals surface area contributed by atoms with Crippen LogP contribution in [0.1, 0.15) is 5.69 Å². The Kier molecular flexibility index (Phi) is 3.12. The topological polar surface area (TPSA) is 91.4 Å². The molecule has 17 heavy (non-hydrogen) atoms. The van der Waals surface area contributed by atoms with Gasteiger partial charge < -0.3 is 5.73 Å². The molecular formula is C11H9N5S. The van der Waals surface area contributed by atoms with E-state index < -0.39 is 0 Å². The molecule has 0 bridgehead atoms. The number of thiol groups is 1. The number of rotatable bonds is 2. The van der Waals surface area contributed by atoms with Crippen LogP contribution in [-0.2, 0) is 0 Å². The molecule has 2 heterocycles. The van der Waals surface area contributed by atoms with Crippen LogP contribution in [0.5, 0.6) is 0 Å². The summed E-state index contributed by atoms with van der Waals surface area (Å²) in [4.78, 5) is 4.79. The van der Waals surface area contributed by atoms with Gasteiger partial charge in [-0.25, -0.2) is 0 Å². The van der Waals surface area contributed by atoms with E-state index in [-0.39, 0.29) is 0 Å². The Bertz CT molecular complexity index is 595.